The molecule has 0 unspecified atom stereocenters. The van der Waals surface area contributed by atoms with E-state index in [0.29, 0.717) is 18.6 Å². The van der Waals surface area contributed by atoms with Crippen LogP contribution in [0.25, 0.3) is 0 Å². The standard InChI is InChI=1S/C23H32N2O3/c1-16(2)5-7-18-21(23(18,3)4)22(26)25-11-9-24(10-12-25)14-17-6-8-19-20(13-17)28-15-27-19/h5-6,8,13,18,21H,7,9-12,14-15H2,1-4H3/t18-,21-/m1/s1. The number of benzene rings is 1. The number of rotatable bonds is 5. The second-order valence-electron chi connectivity index (χ2n) is 9.21. The molecule has 4 rings (SSSR count). The van der Waals surface area contributed by atoms with Gasteiger partial charge in [-0.3, -0.25) is 9.69 Å². The highest BCUT2D eigenvalue weighted by Crippen LogP contribution is 2.60. The maximum atomic E-state index is 13.1. The molecule has 0 aromatic heterocycles. The molecule has 0 bridgehead atoms. The van der Waals surface area contributed by atoms with Crippen LogP contribution in [0, 0.1) is 17.3 Å². The summed E-state index contributed by atoms with van der Waals surface area (Å²) in [7, 11) is 0. The van der Waals surface area contributed by atoms with Crippen molar-refractivity contribution in [2.45, 2.75) is 40.7 Å². The first-order valence-electron chi connectivity index (χ1n) is 10.4. The zero-order chi connectivity index (χ0) is 19.9. The number of fused-ring (bicyclic) bond motifs is 1. The molecular weight excluding hydrogens is 352 g/mol. The molecule has 0 spiro atoms. The van der Waals surface area contributed by atoms with Crippen LogP contribution >= 0.6 is 0 Å². The minimum Gasteiger partial charge on any atom is -0.454 e. The molecule has 1 aromatic carbocycles. The van der Waals surface area contributed by atoms with Crippen molar-refractivity contribution >= 4 is 5.91 Å². The number of amides is 1. The van der Waals surface area contributed by atoms with E-state index in [4.69, 9.17) is 9.47 Å². The predicted octanol–water partition coefficient (Wildman–Crippen LogP) is 3.69. The molecule has 2 atom stereocenters. The number of allylic oxidation sites excluding steroid dienone is 2. The normalized spacial score (nSPS) is 25.5. The van der Waals surface area contributed by atoms with Crippen LogP contribution in [0.4, 0.5) is 0 Å². The summed E-state index contributed by atoms with van der Waals surface area (Å²) in [6, 6.07) is 6.16. The zero-order valence-electron chi connectivity index (χ0n) is 17.5. The number of piperazine rings is 1. The number of carbonyl (C=O) groups is 1. The van der Waals surface area contributed by atoms with E-state index < -0.39 is 0 Å². The molecule has 152 valence electrons. The number of ether oxygens (including phenoxy) is 2. The first kappa shape index (κ1) is 19.3. The fourth-order valence-corrected chi connectivity index (χ4v) is 4.66. The summed E-state index contributed by atoms with van der Waals surface area (Å²) in [5.41, 5.74) is 2.70. The van der Waals surface area contributed by atoms with Crippen molar-refractivity contribution in [3.05, 3.63) is 35.4 Å². The van der Waals surface area contributed by atoms with Gasteiger partial charge in [0.2, 0.25) is 12.7 Å². The number of nitrogens with zero attached hydrogens (tertiary/aromatic N) is 2. The molecule has 3 aliphatic rings. The van der Waals surface area contributed by atoms with Gasteiger partial charge in [0.15, 0.2) is 11.5 Å². The molecule has 0 N–H and O–H groups in total. The lowest BCUT2D eigenvalue weighted by molar-refractivity contribution is -0.135. The van der Waals surface area contributed by atoms with E-state index >= 15 is 0 Å². The Kier molecular flexibility index (Phi) is 5.13. The van der Waals surface area contributed by atoms with Crippen LogP contribution in [0.2, 0.25) is 0 Å². The Balaban J connectivity index is 1.29. The maximum absolute atomic E-state index is 13.1. The highest BCUT2D eigenvalue weighted by atomic mass is 16.7. The van der Waals surface area contributed by atoms with Gasteiger partial charge in [0, 0.05) is 38.6 Å². The minimum atomic E-state index is 0.132. The van der Waals surface area contributed by atoms with Crippen molar-refractivity contribution in [2.24, 2.45) is 17.3 Å². The van der Waals surface area contributed by atoms with Crippen LogP contribution in [0.1, 0.15) is 39.7 Å². The Bertz CT molecular complexity index is 774. The van der Waals surface area contributed by atoms with E-state index in [0.717, 1.165) is 50.6 Å². The zero-order valence-corrected chi connectivity index (χ0v) is 17.5. The van der Waals surface area contributed by atoms with Crippen LogP contribution in [0.5, 0.6) is 11.5 Å². The summed E-state index contributed by atoms with van der Waals surface area (Å²) in [6.45, 7) is 13.4. The fourth-order valence-electron chi connectivity index (χ4n) is 4.66. The van der Waals surface area contributed by atoms with Crippen LogP contribution in [0.15, 0.2) is 29.8 Å². The van der Waals surface area contributed by atoms with Gasteiger partial charge in [-0.25, -0.2) is 0 Å². The van der Waals surface area contributed by atoms with Gasteiger partial charge in [0.25, 0.3) is 0 Å². The average Bonchev–Trinajstić information content (AvgIpc) is 2.99. The van der Waals surface area contributed by atoms with Crippen LogP contribution in [-0.2, 0) is 11.3 Å². The Morgan fingerprint density at radius 2 is 1.86 bits per heavy atom. The Morgan fingerprint density at radius 1 is 1.14 bits per heavy atom. The van der Waals surface area contributed by atoms with Gasteiger partial charge >= 0.3 is 0 Å². The molecule has 1 aromatic rings. The van der Waals surface area contributed by atoms with Crippen LogP contribution in [0.3, 0.4) is 0 Å². The summed E-state index contributed by atoms with van der Waals surface area (Å²) in [5, 5.41) is 0. The topological polar surface area (TPSA) is 42.0 Å². The molecule has 2 heterocycles. The van der Waals surface area contributed by atoms with E-state index in [9.17, 15) is 4.79 Å². The van der Waals surface area contributed by atoms with Crippen LogP contribution < -0.4 is 9.47 Å². The Morgan fingerprint density at radius 3 is 2.57 bits per heavy atom. The summed E-state index contributed by atoms with van der Waals surface area (Å²) < 4.78 is 10.9. The monoisotopic (exact) mass is 384 g/mol. The van der Waals surface area contributed by atoms with E-state index in [1.807, 2.05) is 6.07 Å². The van der Waals surface area contributed by atoms with Gasteiger partial charge < -0.3 is 14.4 Å². The summed E-state index contributed by atoms with van der Waals surface area (Å²) >= 11 is 0. The van der Waals surface area contributed by atoms with Gasteiger partial charge in [-0.05, 0) is 49.3 Å². The molecule has 1 saturated carbocycles. The number of hydrogen-bond acceptors (Lipinski definition) is 4. The summed E-state index contributed by atoms with van der Waals surface area (Å²) in [5.74, 6) is 2.70. The third-order valence-electron chi connectivity index (χ3n) is 6.62. The molecule has 1 amide bonds. The van der Waals surface area contributed by atoms with Gasteiger partial charge in [-0.15, -0.1) is 0 Å². The third-order valence-corrected chi connectivity index (χ3v) is 6.62. The van der Waals surface area contributed by atoms with Crippen molar-refractivity contribution in [3.8, 4) is 11.5 Å². The van der Waals surface area contributed by atoms with E-state index in [2.05, 4.69) is 55.7 Å². The van der Waals surface area contributed by atoms with Gasteiger partial charge in [0.05, 0.1) is 0 Å². The second kappa shape index (κ2) is 7.43. The smallest absolute Gasteiger partial charge is 0.231 e. The number of carbonyl (C=O) groups excluding carboxylic acids is 1. The van der Waals surface area contributed by atoms with Crippen molar-refractivity contribution in [1.29, 1.82) is 0 Å². The molecule has 5 heteroatoms. The summed E-state index contributed by atoms with van der Waals surface area (Å²) in [4.78, 5) is 17.6. The second-order valence-corrected chi connectivity index (χ2v) is 9.21. The first-order valence-corrected chi connectivity index (χ1v) is 10.4. The lowest BCUT2D eigenvalue weighted by Crippen LogP contribution is -2.49. The molecule has 2 fully saturated rings. The third kappa shape index (κ3) is 3.77. The number of hydrogen-bond donors (Lipinski definition) is 0. The lowest BCUT2D eigenvalue weighted by atomic mass is 10.1. The van der Waals surface area contributed by atoms with Crippen molar-refractivity contribution < 1.29 is 14.3 Å². The molecule has 1 saturated heterocycles. The Labute approximate surface area is 168 Å². The fraction of sp³-hybridized carbons (Fsp3) is 0.609. The quantitative estimate of drug-likeness (QED) is 0.726. The van der Waals surface area contributed by atoms with Gasteiger partial charge in [0.1, 0.15) is 0 Å². The molecule has 0 radical (unpaired) electrons. The van der Waals surface area contributed by atoms with Crippen molar-refractivity contribution in [1.82, 2.24) is 9.80 Å². The molecule has 5 nitrogen and oxygen atoms in total. The van der Waals surface area contributed by atoms with E-state index in [1.54, 1.807) is 0 Å². The van der Waals surface area contributed by atoms with E-state index in [-0.39, 0.29) is 11.3 Å². The van der Waals surface area contributed by atoms with E-state index in [1.165, 1.54) is 11.1 Å². The molecular formula is C23H32N2O3. The van der Waals surface area contributed by atoms with Gasteiger partial charge in [-0.2, -0.15) is 0 Å². The van der Waals surface area contributed by atoms with Crippen molar-refractivity contribution in [3.63, 3.8) is 0 Å². The SMILES string of the molecule is CC(C)=CC[C@@H]1[C@H](C(=O)N2CCN(Cc3ccc4c(c3)OCO4)CC2)C1(C)C. The van der Waals surface area contributed by atoms with Gasteiger partial charge in [-0.1, -0.05) is 31.6 Å². The highest BCUT2D eigenvalue weighted by Gasteiger charge is 2.61. The maximum Gasteiger partial charge on any atom is 0.231 e. The lowest BCUT2D eigenvalue weighted by Gasteiger charge is -2.35. The Hall–Kier alpha value is -2.01. The first-order chi connectivity index (χ1) is 13.4. The van der Waals surface area contributed by atoms with Crippen molar-refractivity contribution in [2.75, 3.05) is 33.0 Å². The highest BCUT2D eigenvalue weighted by molar-refractivity contribution is 5.83. The molecule has 28 heavy (non-hydrogen) atoms. The average molecular weight is 385 g/mol. The van der Waals surface area contributed by atoms with Crippen LogP contribution in [-0.4, -0.2) is 48.7 Å². The largest absolute Gasteiger partial charge is 0.454 e. The molecule has 1 aliphatic carbocycles. The minimum absolute atomic E-state index is 0.132. The predicted molar refractivity (Wildman–Crippen MR) is 109 cm³/mol. The summed E-state index contributed by atoms with van der Waals surface area (Å²) in [6.07, 6.45) is 3.30. The molecule has 2 aliphatic heterocycles.